The predicted molar refractivity (Wildman–Crippen MR) is 95.8 cm³/mol. The Morgan fingerprint density at radius 3 is 2.18 bits per heavy atom. The second-order valence-corrected chi connectivity index (χ2v) is 5.61. The molecule has 2 aromatic heterocycles. The van der Waals surface area contributed by atoms with Gasteiger partial charge >= 0.3 is 17.9 Å². The Morgan fingerprint density at radius 1 is 0.964 bits per heavy atom. The summed E-state index contributed by atoms with van der Waals surface area (Å²) in [6, 6.07) is 2.59. The summed E-state index contributed by atoms with van der Waals surface area (Å²) in [5.74, 6) is -2.64. The number of aromatic nitrogens is 2. The summed E-state index contributed by atoms with van der Waals surface area (Å²) in [7, 11) is 4.85. The van der Waals surface area contributed by atoms with Crippen LogP contribution in [0.2, 0.25) is 0 Å². The van der Waals surface area contributed by atoms with Crippen LogP contribution in [-0.2, 0) is 14.2 Å². The number of aromatic hydroxyl groups is 1. The van der Waals surface area contributed by atoms with Crippen molar-refractivity contribution < 1.29 is 38.4 Å². The quantitative estimate of drug-likeness (QED) is 0.506. The normalized spacial score (nSPS) is 10.7. The molecule has 0 unspecified atom stereocenters. The highest BCUT2D eigenvalue weighted by atomic mass is 16.5. The predicted octanol–water partition coefficient (Wildman–Crippen LogP) is 1.79. The van der Waals surface area contributed by atoms with Gasteiger partial charge in [-0.25, -0.2) is 19.4 Å². The third-order valence-corrected chi connectivity index (χ3v) is 4.18. The van der Waals surface area contributed by atoms with Crippen LogP contribution in [0.1, 0.15) is 31.3 Å². The highest BCUT2D eigenvalue weighted by molar-refractivity contribution is 6.20. The van der Waals surface area contributed by atoms with E-state index in [4.69, 9.17) is 9.47 Å². The number of carbonyl (C=O) groups excluding carboxylic acids is 3. The monoisotopic (exact) mass is 388 g/mol. The fourth-order valence-electron chi connectivity index (χ4n) is 2.94. The number of rotatable bonds is 4. The Balaban J connectivity index is 2.55. The minimum absolute atomic E-state index is 0.000709. The van der Waals surface area contributed by atoms with Gasteiger partial charge in [0.1, 0.15) is 11.4 Å². The molecule has 2 heterocycles. The zero-order chi connectivity index (χ0) is 20.6. The topological polar surface area (TPSA) is 137 Å². The molecule has 10 nitrogen and oxygen atoms in total. The highest BCUT2D eigenvalue weighted by Crippen LogP contribution is 2.43. The maximum Gasteiger partial charge on any atom is 0.356 e. The summed E-state index contributed by atoms with van der Waals surface area (Å²) in [5, 5.41) is 11.1. The third kappa shape index (κ3) is 2.75. The molecule has 0 amide bonds. The van der Waals surface area contributed by atoms with Crippen LogP contribution in [0.5, 0.6) is 11.5 Å². The summed E-state index contributed by atoms with van der Waals surface area (Å²) in [6.45, 7) is 0. The highest BCUT2D eigenvalue weighted by Gasteiger charge is 2.26. The van der Waals surface area contributed by atoms with E-state index in [1.54, 1.807) is 0 Å². The number of aromatic amines is 1. The minimum atomic E-state index is -0.780. The Hall–Kier alpha value is -3.82. The molecule has 3 aromatic rings. The molecule has 146 valence electrons. The fraction of sp³-hybridized carbons (Fsp3) is 0.222. The molecule has 0 spiro atoms. The smallest absolute Gasteiger partial charge is 0.356 e. The van der Waals surface area contributed by atoms with Crippen molar-refractivity contribution in [2.24, 2.45) is 0 Å². The van der Waals surface area contributed by atoms with Crippen LogP contribution >= 0.6 is 0 Å². The number of nitrogens with zero attached hydrogens (tertiary/aromatic N) is 1. The second-order valence-electron chi connectivity index (χ2n) is 5.61. The molecule has 3 rings (SSSR count). The molecule has 10 heteroatoms. The lowest BCUT2D eigenvalue weighted by molar-refractivity contribution is 0.0583. The van der Waals surface area contributed by atoms with Gasteiger partial charge in [-0.3, -0.25) is 0 Å². The molecule has 0 bridgehead atoms. The first-order chi connectivity index (χ1) is 13.4. The van der Waals surface area contributed by atoms with E-state index in [-0.39, 0.29) is 50.3 Å². The van der Waals surface area contributed by atoms with Crippen molar-refractivity contribution in [3.05, 3.63) is 29.1 Å². The molecule has 0 atom stereocenters. The summed E-state index contributed by atoms with van der Waals surface area (Å²) < 4.78 is 19.4. The van der Waals surface area contributed by atoms with Crippen LogP contribution in [0.15, 0.2) is 12.1 Å². The van der Waals surface area contributed by atoms with Crippen molar-refractivity contribution in [1.82, 2.24) is 9.97 Å². The zero-order valence-corrected chi connectivity index (χ0v) is 15.4. The molecule has 1 aromatic carbocycles. The number of hydrogen-bond donors (Lipinski definition) is 2. The largest absolute Gasteiger partial charge is 0.503 e. The van der Waals surface area contributed by atoms with Gasteiger partial charge in [-0.1, -0.05) is 0 Å². The van der Waals surface area contributed by atoms with Gasteiger partial charge in [0.05, 0.1) is 45.0 Å². The average molecular weight is 388 g/mol. The SMILES string of the molecule is COC(=O)c1cc2c(OC)c(O)c3[nH]c(C(=O)OC)cc(C(=O)OC)c3c2n1. The number of pyridine rings is 1. The van der Waals surface area contributed by atoms with E-state index in [0.29, 0.717) is 0 Å². The Bertz CT molecular complexity index is 1130. The molecular formula is C18H16N2O8. The van der Waals surface area contributed by atoms with E-state index in [0.717, 1.165) is 0 Å². The van der Waals surface area contributed by atoms with E-state index in [1.165, 1.54) is 40.6 Å². The van der Waals surface area contributed by atoms with Gasteiger partial charge in [0, 0.05) is 10.8 Å². The van der Waals surface area contributed by atoms with Crippen molar-refractivity contribution in [3.8, 4) is 11.5 Å². The number of hydrogen-bond acceptors (Lipinski definition) is 9. The van der Waals surface area contributed by atoms with E-state index in [1.807, 2.05) is 0 Å². The van der Waals surface area contributed by atoms with E-state index in [2.05, 4.69) is 19.4 Å². The molecule has 0 aliphatic heterocycles. The summed E-state index contributed by atoms with van der Waals surface area (Å²) >= 11 is 0. The molecule has 0 aliphatic rings. The van der Waals surface area contributed by atoms with Crippen molar-refractivity contribution in [3.63, 3.8) is 0 Å². The van der Waals surface area contributed by atoms with Crippen LogP contribution in [0.25, 0.3) is 21.8 Å². The van der Waals surface area contributed by atoms with Crippen LogP contribution in [0, 0.1) is 0 Å². The summed E-state index contributed by atoms with van der Waals surface area (Å²) in [6.07, 6.45) is 0. The Morgan fingerprint density at radius 2 is 1.61 bits per heavy atom. The number of H-pyrrole nitrogens is 1. The number of nitrogens with one attached hydrogen (secondary N) is 1. The first-order valence-corrected chi connectivity index (χ1v) is 7.89. The van der Waals surface area contributed by atoms with Crippen molar-refractivity contribution in [2.75, 3.05) is 28.4 Å². The number of phenols is 1. The summed E-state index contributed by atoms with van der Waals surface area (Å²) in [5.41, 5.74) is -0.0446. The van der Waals surface area contributed by atoms with Gasteiger partial charge in [-0.2, -0.15) is 0 Å². The maximum absolute atomic E-state index is 12.4. The Labute approximate surface area is 158 Å². The van der Waals surface area contributed by atoms with Crippen LogP contribution < -0.4 is 4.74 Å². The first kappa shape index (κ1) is 19.0. The van der Waals surface area contributed by atoms with E-state index < -0.39 is 17.9 Å². The van der Waals surface area contributed by atoms with E-state index in [9.17, 15) is 19.5 Å². The number of methoxy groups -OCH3 is 4. The second kappa shape index (κ2) is 7.06. The van der Waals surface area contributed by atoms with Gasteiger partial charge in [0.2, 0.25) is 0 Å². The van der Waals surface area contributed by atoms with Crippen LogP contribution in [0.3, 0.4) is 0 Å². The van der Waals surface area contributed by atoms with Gasteiger partial charge in [0.15, 0.2) is 11.5 Å². The van der Waals surface area contributed by atoms with Gasteiger partial charge in [0.25, 0.3) is 0 Å². The summed E-state index contributed by atoms with van der Waals surface area (Å²) in [4.78, 5) is 43.2. The lowest BCUT2D eigenvalue weighted by Gasteiger charge is -2.13. The third-order valence-electron chi connectivity index (χ3n) is 4.18. The molecule has 0 radical (unpaired) electrons. The van der Waals surface area contributed by atoms with Crippen LogP contribution in [0.4, 0.5) is 0 Å². The number of fused-ring (bicyclic) bond motifs is 3. The lowest BCUT2D eigenvalue weighted by atomic mass is 10.0. The van der Waals surface area contributed by atoms with Crippen molar-refractivity contribution in [1.29, 1.82) is 0 Å². The maximum atomic E-state index is 12.4. The molecule has 28 heavy (non-hydrogen) atoms. The number of benzene rings is 1. The molecule has 0 fully saturated rings. The molecule has 0 aliphatic carbocycles. The standard InChI is InChI=1S/C18H16N2O8/c1-25-15-8-6-10(18(24)28-4)19-12(8)11-7(16(22)26-2)5-9(17(23)27-3)20-13(11)14(15)21/h5-6,20-21H,1-4H3. The molecule has 2 N–H and O–H groups in total. The Kier molecular flexibility index (Phi) is 4.78. The lowest BCUT2D eigenvalue weighted by Crippen LogP contribution is -2.10. The first-order valence-electron chi connectivity index (χ1n) is 7.89. The minimum Gasteiger partial charge on any atom is -0.503 e. The number of esters is 3. The molecule has 0 saturated heterocycles. The van der Waals surface area contributed by atoms with E-state index >= 15 is 0 Å². The molecular weight excluding hydrogens is 372 g/mol. The number of ether oxygens (including phenoxy) is 4. The number of phenolic OH excluding ortho intramolecular Hbond substituents is 1. The average Bonchev–Trinajstić information content (AvgIpc) is 3.16. The number of carbonyl (C=O) groups is 3. The van der Waals surface area contributed by atoms with Crippen LogP contribution in [-0.4, -0.2) is 61.4 Å². The molecule has 0 saturated carbocycles. The zero-order valence-electron chi connectivity index (χ0n) is 15.4. The van der Waals surface area contributed by atoms with Gasteiger partial charge in [-0.15, -0.1) is 0 Å². The van der Waals surface area contributed by atoms with Crippen molar-refractivity contribution >= 4 is 39.7 Å². The van der Waals surface area contributed by atoms with Gasteiger partial charge in [-0.05, 0) is 12.1 Å². The van der Waals surface area contributed by atoms with Gasteiger partial charge < -0.3 is 29.0 Å². The fourth-order valence-corrected chi connectivity index (χ4v) is 2.94. The van der Waals surface area contributed by atoms with Crippen molar-refractivity contribution in [2.45, 2.75) is 0 Å².